The smallest absolute Gasteiger partial charge is 0.341 e. The zero-order chi connectivity index (χ0) is 19.4. The van der Waals surface area contributed by atoms with E-state index in [4.69, 9.17) is 4.74 Å². The molecule has 27 heavy (non-hydrogen) atoms. The number of aryl methyl sites for hydroxylation is 1. The molecule has 6 nitrogen and oxygen atoms in total. The number of hydrogen-bond acceptors (Lipinski definition) is 5. The summed E-state index contributed by atoms with van der Waals surface area (Å²) in [6, 6.07) is 0. The van der Waals surface area contributed by atoms with Gasteiger partial charge >= 0.3 is 11.9 Å². The molecule has 0 aromatic carbocycles. The Balaban J connectivity index is 1.90. The molecule has 0 fully saturated rings. The summed E-state index contributed by atoms with van der Waals surface area (Å²) in [6.45, 7) is 0. The molecule has 0 saturated heterocycles. The van der Waals surface area contributed by atoms with Gasteiger partial charge in [-0.3, -0.25) is 9.59 Å². The summed E-state index contributed by atoms with van der Waals surface area (Å²) in [6.07, 6.45) is 10.5. The first-order valence-electron chi connectivity index (χ1n) is 9.44. The van der Waals surface area contributed by atoms with Gasteiger partial charge in [0, 0.05) is 4.88 Å². The number of esters is 1. The van der Waals surface area contributed by atoms with Gasteiger partial charge in [0.1, 0.15) is 5.00 Å². The Morgan fingerprint density at radius 3 is 2.41 bits per heavy atom. The summed E-state index contributed by atoms with van der Waals surface area (Å²) in [7, 11) is 1.34. The van der Waals surface area contributed by atoms with E-state index in [1.54, 1.807) is 6.08 Å². The average molecular weight is 391 g/mol. The van der Waals surface area contributed by atoms with Gasteiger partial charge in [-0.1, -0.05) is 25.0 Å². The van der Waals surface area contributed by atoms with Crippen molar-refractivity contribution in [1.29, 1.82) is 0 Å². The number of aliphatic carboxylic acids is 1. The molecule has 3 rings (SSSR count). The van der Waals surface area contributed by atoms with Crippen molar-refractivity contribution in [2.75, 3.05) is 12.4 Å². The Morgan fingerprint density at radius 2 is 1.74 bits per heavy atom. The zero-order valence-corrected chi connectivity index (χ0v) is 16.3. The van der Waals surface area contributed by atoms with Gasteiger partial charge in [-0.05, 0) is 44.1 Å². The highest BCUT2D eigenvalue weighted by Gasteiger charge is 2.35. The van der Waals surface area contributed by atoms with Gasteiger partial charge in [0.05, 0.1) is 24.5 Å². The minimum atomic E-state index is -0.967. The maximum atomic E-state index is 12.8. The van der Waals surface area contributed by atoms with E-state index in [0.717, 1.165) is 42.5 Å². The van der Waals surface area contributed by atoms with Gasteiger partial charge in [0.15, 0.2) is 0 Å². The van der Waals surface area contributed by atoms with Crippen LogP contribution in [0.4, 0.5) is 5.00 Å². The lowest BCUT2D eigenvalue weighted by molar-refractivity contribution is -0.146. The van der Waals surface area contributed by atoms with E-state index in [9.17, 15) is 19.5 Å². The van der Waals surface area contributed by atoms with Gasteiger partial charge in [0.2, 0.25) is 5.91 Å². The molecule has 146 valence electrons. The first kappa shape index (κ1) is 19.6. The molecule has 1 heterocycles. The predicted octanol–water partition coefficient (Wildman–Crippen LogP) is 3.80. The fourth-order valence-corrected chi connectivity index (χ4v) is 5.19. The summed E-state index contributed by atoms with van der Waals surface area (Å²) in [4.78, 5) is 37.9. The second-order valence-corrected chi connectivity index (χ2v) is 8.20. The van der Waals surface area contributed by atoms with Crippen molar-refractivity contribution >= 4 is 34.2 Å². The van der Waals surface area contributed by atoms with Crippen LogP contribution in [0, 0.1) is 11.8 Å². The van der Waals surface area contributed by atoms with E-state index in [0.29, 0.717) is 23.4 Å². The van der Waals surface area contributed by atoms with Crippen LogP contribution < -0.4 is 5.32 Å². The molecule has 1 aromatic rings. The molecule has 7 heteroatoms. The van der Waals surface area contributed by atoms with E-state index < -0.39 is 23.8 Å². The van der Waals surface area contributed by atoms with Gasteiger partial charge in [0.25, 0.3) is 0 Å². The van der Waals surface area contributed by atoms with E-state index in [-0.39, 0.29) is 5.91 Å². The Kier molecular flexibility index (Phi) is 6.31. The number of carbonyl (C=O) groups is 3. The number of amides is 1. The molecular weight excluding hydrogens is 366 g/mol. The molecule has 0 aliphatic heterocycles. The lowest BCUT2D eigenvalue weighted by Crippen LogP contribution is -2.34. The van der Waals surface area contributed by atoms with Crippen LogP contribution in [0.3, 0.4) is 0 Å². The fourth-order valence-electron chi connectivity index (χ4n) is 3.91. The highest BCUT2D eigenvalue weighted by molar-refractivity contribution is 7.17. The standard InChI is InChI=1S/C20H25NO5S/c1-26-20(25)16-14-10-4-2-3-5-11-15(14)27-18(16)21-17(22)12-8-6-7-9-13(12)19(23)24/h6-7,12-13H,2-5,8-11H2,1H3,(H,21,22)(H,23,24). The molecule has 1 amide bonds. The van der Waals surface area contributed by atoms with Crippen molar-refractivity contribution in [3.63, 3.8) is 0 Å². The van der Waals surface area contributed by atoms with Gasteiger partial charge < -0.3 is 15.2 Å². The minimum absolute atomic E-state index is 0.342. The topological polar surface area (TPSA) is 92.7 Å². The normalized spacial score (nSPS) is 22.3. The Bertz CT molecular complexity index is 767. The predicted molar refractivity (Wildman–Crippen MR) is 103 cm³/mol. The number of allylic oxidation sites excluding steroid dienone is 2. The maximum absolute atomic E-state index is 12.8. The molecule has 2 aliphatic carbocycles. The van der Waals surface area contributed by atoms with Gasteiger partial charge in [-0.2, -0.15) is 0 Å². The summed E-state index contributed by atoms with van der Waals surface area (Å²) >= 11 is 1.43. The summed E-state index contributed by atoms with van der Waals surface area (Å²) < 4.78 is 4.97. The number of hydrogen-bond donors (Lipinski definition) is 2. The first-order chi connectivity index (χ1) is 13.0. The van der Waals surface area contributed by atoms with Crippen LogP contribution in [0.15, 0.2) is 12.2 Å². The first-order valence-corrected chi connectivity index (χ1v) is 10.3. The van der Waals surface area contributed by atoms with E-state index in [2.05, 4.69) is 5.32 Å². The molecule has 1 aromatic heterocycles. The van der Waals surface area contributed by atoms with Crippen LogP contribution in [-0.4, -0.2) is 30.1 Å². The van der Waals surface area contributed by atoms with Crippen LogP contribution in [-0.2, 0) is 27.2 Å². The van der Waals surface area contributed by atoms with Crippen molar-refractivity contribution in [2.24, 2.45) is 11.8 Å². The average Bonchev–Trinajstić information content (AvgIpc) is 2.97. The van der Waals surface area contributed by atoms with Crippen molar-refractivity contribution in [3.05, 3.63) is 28.2 Å². The number of fused-ring (bicyclic) bond motifs is 1. The second-order valence-electron chi connectivity index (χ2n) is 7.10. The minimum Gasteiger partial charge on any atom is -0.481 e. The highest BCUT2D eigenvalue weighted by atomic mass is 32.1. The fraction of sp³-hybridized carbons (Fsp3) is 0.550. The Labute approximate surface area is 162 Å². The SMILES string of the molecule is COC(=O)c1c(NC(=O)C2CC=CCC2C(=O)O)sc2c1CCCCCC2. The number of rotatable bonds is 4. The van der Waals surface area contributed by atoms with Crippen molar-refractivity contribution in [3.8, 4) is 0 Å². The van der Waals surface area contributed by atoms with Crippen LogP contribution in [0.25, 0.3) is 0 Å². The quantitative estimate of drug-likeness (QED) is 0.602. The number of thiophene rings is 1. The van der Waals surface area contributed by atoms with Gasteiger partial charge in [-0.25, -0.2) is 4.79 Å². The lowest BCUT2D eigenvalue weighted by atomic mass is 9.82. The third kappa shape index (κ3) is 4.24. The van der Waals surface area contributed by atoms with E-state index in [1.165, 1.54) is 24.9 Å². The van der Waals surface area contributed by atoms with E-state index in [1.807, 2.05) is 6.08 Å². The molecule has 0 bridgehead atoms. The van der Waals surface area contributed by atoms with Crippen LogP contribution in [0.5, 0.6) is 0 Å². The third-order valence-electron chi connectivity index (χ3n) is 5.38. The Morgan fingerprint density at radius 1 is 1.07 bits per heavy atom. The maximum Gasteiger partial charge on any atom is 0.341 e. The number of carboxylic acid groups (broad SMARTS) is 1. The molecule has 2 unspecified atom stereocenters. The van der Waals surface area contributed by atoms with Crippen molar-refractivity contribution in [2.45, 2.75) is 51.4 Å². The summed E-state index contributed by atoms with van der Waals surface area (Å²) in [5.74, 6) is -3.13. The third-order valence-corrected chi connectivity index (χ3v) is 6.59. The van der Waals surface area contributed by atoms with Gasteiger partial charge in [-0.15, -0.1) is 11.3 Å². The molecule has 2 N–H and O–H groups in total. The number of methoxy groups -OCH3 is 1. The van der Waals surface area contributed by atoms with E-state index >= 15 is 0 Å². The second kappa shape index (κ2) is 8.69. The van der Waals surface area contributed by atoms with Crippen LogP contribution >= 0.6 is 11.3 Å². The van der Waals surface area contributed by atoms with Crippen molar-refractivity contribution in [1.82, 2.24) is 0 Å². The van der Waals surface area contributed by atoms with Crippen molar-refractivity contribution < 1.29 is 24.2 Å². The highest BCUT2D eigenvalue weighted by Crippen LogP contribution is 2.38. The number of carboxylic acids is 1. The number of ether oxygens (including phenoxy) is 1. The zero-order valence-electron chi connectivity index (χ0n) is 15.5. The number of anilines is 1. The molecule has 0 radical (unpaired) electrons. The van der Waals surface area contributed by atoms with Crippen LogP contribution in [0.1, 0.15) is 59.3 Å². The Hall–Kier alpha value is -2.15. The summed E-state index contributed by atoms with van der Waals surface area (Å²) in [5, 5.41) is 12.8. The lowest BCUT2D eigenvalue weighted by Gasteiger charge is -2.24. The molecular formula is C20H25NO5S. The monoisotopic (exact) mass is 391 g/mol. The number of nitrogens with one attached hydrogen (secondary N) is 1. The molecule has 2 atom stereocenters. The molecule has 2 aliphatic rings. The summed E-state index contributed by atoms with van der Waals surface area (Å²) in [5.41, 5.74) is 1.44. The largest absolute Gasteiger partial charge is 0.481 e. The number of carbonyl (C=O) groups excluding carboxylic acids is 2. The molecule has 0 spiro atoms. The van der Waals surface area contributed by atoms with Crippen LogP contribution in [0.2, 0.25) is 0 Å². The molecule has 0 saturated carbocycles.